The molecule has 1 saturated carbocycles. The molecule has 1 aliphatic carbocycles. The third-order valence-corrected chi connectivity index (χ3v) is 3.35. The molecule has 3 N–H and O–H groups in total. The van der Waals surface area contributed by atoms with Crippen molar-refractivity contribution in [2.75, 3.05) is 0 Å². The monoisotopic (exact) mass is 228 g/mol. The Hall–Kier alpha value is -1.56. The molecule has 0 aromatic heterocycles. The van der Waals surface area contributed by atoms with Crippen molar-refractivity contribution in [1.82, 2.24) is 0 Å². The van der Waals surface area contributed by atoms with Crippen LogP contribution in [0.3, 0.4) is 0 Å². The zero-order valence-electron chi connectivity index (χ0n) is 8.37. The molecule has 88 valence electrons. The molecule has 1 fully saturated rings. The van der Waals surface area contributed by atoms with Crippen molar-refractivity contribution in [3.63, 3.8) is 0 Å². The SMILES string of the molecule is O=C(O)C1=COC(O)C2C(C(=O)O)CCC12. The topological polar surface area (TPSA) is 104 Å². The van der Waals surface area contributed by atoms with Gasteiger partial charge in [-0.15, -0.1) is 0 Å². The number of ether oxygens (including phenoxy) is 1. The number of carboxylic acids is 2. The molecule has 0 aromatic rings. The van der Waals surface area contributed by atoms with Crippen LogP contribution in [0.5, 0.6) is 0 Å². The molecule has 4 atom stereocenters. The van der Waals surface area contributed by atoms with Gasteiger partial charge < -0.3 is 20.1 Å². The summed E-state index contributed by atoms with van der Waals surface area (Å²) < 4.78 is 4.80. The minimum atomic E-state index is -1.23. The van der Waals surface area contributed by atoms with Gasteiger partial charge in [0.2, 0.25) is 6.29 Å². The minimum absolute atomic E-state index is 0.0547. The molecule has 6 heteroatoms. The van der Waals surface area contributed by atoms with Gasteiger partial charge in [0.05, 0.1) is 17.8 Å². The van der Waals surface area contributed by atoms with Crippen LogP contribution < -0.4 is 0 Å². The van der Waals surface area contributed by atoms with E-state index in [1.807, 2.05) is 0 Å². The summed E-state index contributed by atoms with van der Waals surface area (Å²) in [4.78, 5) is 21.8. The molecule has 16 heavy (non-hydrogen) atoms. The number of rotatable bonds is 2. The summed E-state index contributed by atoms with van der Waals surface area (Å²) in [7, 11) is 0. The molecule has 1 aliphatic heterocycles. The van der Waals surface area contributed by atoms with Gasteiger partial charge in [-0.1, -0.05) is 0 Å². The van der Waals surface area contributed by atoms with Gasteiger partial charge in [0.15, 0.2) is 0 Å². The van der Waals surface area contributed by atoms with E-state index in [2.05, 4.69) is 0 Å². The first-order valence-electron chi connectivity index (χ1n) is 5.02. The lowest BCUT2D eigenvalue weighted by Crippen LogP contribution is -2.38. The Balaban J connectivity index is 2.29. The molecular formula is C10H12O6. The maximum absolute atomic E-state index is 10.9. The van der Waals surface area contributed by atoms with Crippen LogP contribution in [-0.2, 0) is 14.3 Å². The zero-order valence-corrected chi connectivity index (χ0v) is 8.37. The lowest BCUT2D eigenvalue weighted by atomic mass is 9.83. The van der Waals surface area contributed by atoms with Crippen LogP contribution in [0.25, 0.3) is 0 Å². The van der Waals surface area contributed by atoms with Gasteiger partial charge in [-0.2, -0.15) is 0 Å². The molecule has 1 heterocycles. The van der Waals surface area contributed by atoms with E-state index in [-0.39, 0.29) is 5.57 Å². The summed E-state index contributed by atoms with van der Waals surface area (Å²) in [6.45, 7) is 0. The first kappa shape index (κ1) is 10.9. The summed E-state index contributed by atoms with van der Waals surface area (Å²) in [6, 6.07) is 0. The fourth-order valence-electron chi connectivity index (χ4n) is 2.60. The Morgan fingerprint density at radius 2 is 2.00 bits per heavy atom. The molecule has 2 rings (SSSR count). The van der Waals surface area contributed by atoms with E-state index in [0.717, 1.165) is 6.26 Å². The highest BCUT2D eigenvalue weighted by molar-refractivity contribution is 5.87. The standard InChI is InChI=1S/C10H12O6/c11-8(12)5-2-1-4-6(9(13)14)3-16-10(15)7(4)5/h3-5,7,10,15H,1-2H2,(H,11,12)(H,13,14). The third kappa shape index (κ3) is 1.55. The fraction of sp³-hybridized carbons (Fsp3) is 0.600. The number of aliphatic hydroxyl groups is 1. The summed E-state index contributed by atoms with van der Waals surface area (Å²) in [5, 5.41) is 27.5. The normalized spacial score (nSPS) is 37.2. The molecular weight excluding hydrogens is 216 g/mol. The van der Waals surface area contributed by atoms with E-state index >= 15 is 0 Å². The Bertz CT molecular complexity index is 360. The quantitative estimate of drug-likeness (QED) is 0.616. The lowest BCUT2D eigenvalue weighted by Gasteiger charge is -2.31. The van der Waals surface area contributed by atoms with Gasteiger partial charge in [0.25, 0.3) is 0 Å². The fourth-order valence-corrected chi connectivity index (χ4v) is 2.60. The van der Waals surface area contributed by atoms with Crippen LogP contribution >= 0.6 is 0 Å². The maximum Gasteiger partial charge on any atom is 0.334 e. The molecule has 0 amide bonds. The Labute approximate surface area is 91.1 Å². The van der Waals surface area contributed by atoms with Gasteiger partial charge in [0, 0.05) is 11.8 Å². The molecule has 2 aliphatic rings. The van der Waals surface area contributed by atoms with E-state index in [9.17, 15) is 14.7 Å². The average Bonchev–Trinajstić information content (AvgIpc) is 2.62. The van der Waals surface area contributed by atoms with E-state index in [4.69, 9.17) is 14.9 Å². The van der Waals surface area contributed by atoms with E-state index in [1.54, 1.807) is 0 Å². The van der Waals surface area contributed by atoms with Gasteiger partial charge in [0.1, 0.15) is 0 Å². The molecule has 0 bridgehead atoms. The average molecular weight is 228 g/mol. The summed E-state index contributed by atoms with van der Waals surface area (Å²) in [6.07, 6.45) is 0.630. The van der Waals surface area contributed by atoms with Crippen LogP contribution in [-0.4, -0.2) is 33.5 Å². The number of hydrogen-bond donors (Lipinski definition) is 3. The highest BCUT2D eigenvalue weighted by atomic mass is 16.6. The van der Waals surface area contributed by atoms with Crippen molar-refractivity contribution in [1.29, 1.82) is 0 Å². The van der Waals surface area contributed by atoms with Gasteiger partial charge >= 0.3 is 11.9 Å². The molecule has 4 unspecified atom stereocenters. The largest absolute Gasteiger partial charge is 0.481 e. The summed E-state index contributed by atoms with van der Waals surface area (Å²) in [5.41, 5.74) is 0.0547. The first-order chi connectivity index (χ1) is 7.52. The summed E-state index contributed by atoms with van der Waals surface area (Å²) in [5.74, 6) is -3.95. The highest BCUT2D eigenvalue weighted by Crippen LogP contribution is 2.45. The van der Waals surface area contributed by atoms with Crippen LogP contribution in [0.2, 0.25) is 0 Å². The number of carbonyl (C=O) groups is 2. The van der Waals surface area contributed by atoms with Crippen molar-refractivity contribution < 1.29 is 29.6 Å². The van der Waals surface area contributed by atoms with Crippen LogP contribution in [0.15, 0.2) is 11.8 Å². The second-order valence-corrected chi connectivity index (χ2v) is 4.11. The van der Waals surface area contributed by atoms with Crippen LogP contribution in [0, 0.1) is 17.8 Å². The smallest absolute Gasteiger partial charge is 0.334 e. The van der Waals surface area contributed by atoms with Crippen LogP contribution in [0.1, 0.15) is 12.8 Å². The molecule has 0 aromatic carbocycles. The molecule has 6 nitrogen and oxygen atoms in total. The number of fused-ring (bicyclic) bond motifs is 1. The van der Waals surface area contributed by atoms with Gasteiger partial charge in [-0.3, -0.25) is 4.79 Å². The molecule has 0 saturated heterocycles. The van der Waals surface area contributed by atoms with E-state index in [0.29, 0.717) is 12.8 Å². The minimum Gasteiger partial charge on any atom is -0.481 e. The number of aliphatic hydroxyl groups excluding tert-OH is 1. The number of aliphatic carboxylic acids is 2. The number of hydrogen-bond acceptors (Lipinski definition) is 4. The van der Waals surface area contributed by atoms with Crippen molar-refractivity contribution in [3.05, 3.63) is 11.8 Å². The van der Waals surface area contributed by atoms with Crippen molar-refractivity contribution in [2.45, 2.75) is 19.1 Å². The lowest BCUT2D eigenvalue weighted by molar-refractivity contribution is -0.159. The summed E-state index contributed by atoms with van der Waals surface area (Å²) >= 11 is 0. The Kier molecular flexibility index (Phi) is 2.59. The predicted octanol–water partition coefficient (Wildman–Crippen LogP) is 0.0305. The zero-order chi connectivity index (χ0) is 11.9. The Morgan fingerprint density at radius 1 is 1.31 bits per heavy atom. The van der Waals surface area contributed by atoms with Crippen molar-refractivity contribution in [2.24, 2.45) is 17.8 Å². The second-order valence-electron chi connectivity index (χ2n) is 4.11. The van der Waals surface area contributed by atoms with E-state index < -0.39 is 36.0 Å². The third-order valence-electron chi connectivity index (χ3n) is 3.35. The van der Waals surface area contributed by atoms with E-state index in [1.165, 1.54) is 0 Å². The maximum atomic E-state index is 10.9. The molecule has 0 radical (unpaired) electrons. The van der Waals surface area contributed by atoms with Gasteiger partial charge in [-0.25, -0.2) is 4.79 Å². The molecule has 0 spiro atoms. The van der Waals surface area contributed by atoms with Gasteiger partial charge in [-0.05, 0) is 12.8 Å². The second kappa shape index (κ2) is 3.79. The number of carboxylic acid groups (broad SMARTS) is 2. The Morgan fingerprint density at radius 3 is 2.56 bits per heavy atom. The van der Waals surface area contributed by atoms with Crippen molar-refractivity contribution in [3.8, 4) is 0 Å². The highest BCUT2D eigenvalue weighted by Gasteiger charge is 2.49. The van der Waals surface area contributed by atoms with Crippen molar-refractivity contribution >= 4 is 11.9 Å². The predicted molar refractivity (Wildman–Crippen MR) is 50.2 cm³/mol. The van der Waals surface area contributed by atoms with Crippen LogP contribution in [0.4, 0.5) is 0 Å². The first-order valence-corrected chi connectivity index (χ1v) is 5.02.